The van der Waals surface area contributed by atoms with Crippen molar-refractivity contribution >= 4 is 54.4 Å². The van der Waals surface area contributed by atoms with Gasteiger partial charge in [0.05, 0.1) is 11.2 Å². The highest BCUT2D eigenvalue weighted by Gasteiger charge is 2.20. The molecule has 3 heteroatoms. The SMILES string of the molecule is c1ccc(-c2ccc(-c3nc(-c4cccc5c6cccc7oc8cccc(c45)c8c76)nc4ccccc34)cc2)cc1. The Kier molecular flexibility index (Phi) is 4.61. The fraction of sp³-hybridized carbons (Fsp3) is 0. The second-order valence-electron chi connectivity index (χ2n) is 10.5. The van der Waals surface area contributed by atoms with Gasteiger partial charge in [0, 0.05) is 32.7 Å². The zero-order valence-electron chi connectivity index (χ0n) is 22.0. The van der Waals surface area contributed by atoms with Gasteiger partial charge in [-0.1, -0.05) is 115 Å². The van der Waals surface area contributed by atoms with Gasteiger partial charge in [-0.25, -0.2) is 9.97 Å². The van der Waals surface area contributed by atoms with Crippen molar-refractivity contribution in [1.82, 2.24) is 9.97 Å². The largest absolute Gasteiger partial charge is 0.456 e. The zero-order chi connectivity index (χ0) is 26.9. The first-order valence-electron chi connectivity index (χ1n) is 13.8. The second kappa shape index (κ2) is 8.48. The van der Waals surface area contributed by atoms with E-state index < -0.39 is 0 Å². The number of furan rings is 1. The number of para-hydroxylation sites is 1. The Balaban J connectivity index is 1.33. The molecule has 2 aromatic heterocycles. The van der Waals surface area contributed by atoms with Crippen LogP contribution in [-0.2, 0) is 0 Å². The maximum atomic E-state index is 6.28. The maximum absolute atomic E-state index is 6.28. The summed E-state index contributed by atoms with van der Waals surface area (Å²) in [6, 6.07) is 46.5. The predicted octanol–water partition coefficient (Wildman–Crippen LogP) is 10.3. The summed E-state index contributed by atoms with van der Waals surface area (Å²) < 4.78 is 6.28. The summed E-state index contributed by atoms with van der Waals surface area (Å²) in [4.78, 5) is 10.4. The van der Waals surface area contributed by atoms with E-state index in [1.165, 1.54) is 27.3 Å². The molecule has 7 aromatic carbocycles. The van der Waals surface area contributed by atoms with E-state index in [-0.39, 0.29) is 0 Å². The number of hydrogen-bond acceptors (Lipinski definition) is 3. The molecule has 0 atom stereocenters. The van der Waals surface area contributed by atoms with Gasteiger partial charge in [-0.3, -0.25) is 0 Å². The van der Waals surface area contributed by atoms with Crippen LogP contribution in [0.5, 0.6) is 0 Å². The van der Waals surface area contributed by atoms with Crippen molar-refractivity contribution in [3.63, 3.8) is 0 Å². The number of fused-ring (bicyclic) bond motifs is 4. The molecule has 0 saturated heterocycles. The van der Waals surface area contributed by atoms with Gasteiger partial charge in [0.15, 0.2) is 5.82 Å². The van der Waals surface area contributed by atoms with Gasteiger partial charge in [0.2, 0.25) is 0 Å². The quantitative estimate of drug-likeness (QED) is 0.217. The van der Waals surface area contributed by atoms with E-state index in [1.807, 2.05) is 12.1 Å². The molecule has 0 fully saturated rings. The van der Waals surface area contributed by atoms with Gasteiger partial charge in [-0.05, 0) is 45.5 Å². The highest BCUT2D eigenvalue weighted by atomic mass is 16.3. The lowest BCUT2D eigenvalue weighted by molar-refractivity contribution is 0.669. The molecule has 9 rings (SSSR count). The molecule has 0 aliphatic rings. The molecular formula is C38H22N2O. The molecule has 41 heavy (non-hydrogen) atoms. The molecule has 0 radical (unpaired) electrons. The van der Waals surface area contributed by atoms with Gasteiger partial charge in [0.25, 0.3) is 0 Å². The van der Waals surface area contributed by atoms with Crippen LogP contribution in [0.15, 0.2) is 138 Å². The normalized spacial score (nSPS) is 11.9. The Bertz CT molecular complexity index is 2400. The van der Waals surface area contributed by atoms with E-state index in [4.69, 9.17) is 14.4 Å². The van der Waals surface area contributed by atoms with Crippen molar-refractivity contribution in [3.05, 3.63) is 133 Å². The fourth-order valence-electron chi connectivity index (χ4n) is 6.42. The number of benzene rings is 7. The lowest BCUT2D eigenvalue weighted by Gasteiger charge is -2.14. The summed E-state index contributed by atoms with van der Waals surface area (Å²) in [5, 5.41) is 8.07. The third kappa shape index (κ3) is 3.26. The smallest absolute Gasteiger partial charge is 0.161 e. The van der Waals surface area contributed by atoms with Crippen molar-refractivity contribution in [2.45, 2.75) is 0 Å². The summed E-state index contributed by atoms with van der Waals surface area (Å²) in [5.41, 5.74) is 8.16. The first-order valence-corrected chi connectivity index (χ1v) is 13.8. The number of hydrogen-bond donors (Lipinski definition) is 0. The molecule has 0 amide bonds. The topological polar surface area (TPSA) is 38.9 Å². The molecule has 2 heterocycles. The minimum absolute atomic E-state index is 0.721. The van der Waals surface area contributed by atoms with Crippen molar-refractivity contribution in [2.75, 3.05) is 0 Å². The Hall–Kier alpha value is -5.54. The molecule has 0 spiro atoms. The van der Waals surface area contributed by atoms with Crippen LogP contribution in [0.3, 0.4) is 0 Å². The minimum Gasteiger partial charge on any atom is -0.456 e. The van der Waals surface area contributed by atoms with E-state index in [2.05, 4.69) is 121 Å². The Labute approximate surface area is 235 Å². The van der Waals surface area contributed by atoms with Gasteiger partial charge < -0.3 is 4.42 Å². The Morgan fingerprint density at radius 2 is 0.976 bits per heavy atom. The molecule has 0 N–H and O–H groups in total. The van der Waals surface area contributed by atoms with Crippen LogP contribution in [0.25, 0.3) is 88.2 Å². The van der Waals surface area contributed by atoms with Gasteiger partial charge >= 0.3 is 0 Å². The molecule has 0 saturated carbocycles. The predicted molar refractivity (Wildman–Crippen MR) is 169 cm³/mol. The van der Waals surface area contributed by atoms with E-state index >= 15 is 0 Å². The van der Waals surface area contributed by atoms with Crippen LogP contribution in [0.2, 0.25) is 0 Å². The lowest BCUT2D eigenvalue weighted by atomic mass is 9.91. The van der Waals surface area contributed by atoms with Crippen molar-refractivity contribution in [2.24, 2.45) is 0 Å². The summed E-state index contributed by atoms with van der Waals surface area (Å²) in [7, 11) is 0. The molecule has 0 aliphatic carbocycles. The van der Waals surface area contributed by atoms with Crippen molar-refractivity contribution < 1.29 is 4.42 Å². The van der Waals surface area contributed by atoms with E-state index in [1.54, 1.807) is 0 Å². The monoisotopic (exact) mass is 522 g/mol. The number of rotatable bonds is 3. The summed E-state index contributed by atoms with van der Waals surface area (Å²) >= 11 is 0. The van der Waals surface area contributed by atoms with E-state index in [0.29, 0.717) is 0 Å². The van der Waals surface area contributed by atoms with Crippen LogP contribution < -0.4 is 0 Å². The van der Waals surface area contributed by atoms with Crippen molar-refractivity contribution in [1.29, 1.82) is 0 Å². The second-order valence-corrected chi connectivity index (χ2v) is 10.5. The van der Waals surface area contributed by atoms with E-state index in [0.717, 1.165) is 60.9 Å². The molecule has 0 unspecified atom stereocenters. The third-order valence-corrected chi connectivity index (χ3v) is 8.26. The highest BCUT2D eigenvalue weighted by Crippen LogP contribution is 2.45. The van der Waals surface area contributed by atoms with Gasteiger partial charge in [-0.15, -0.1) is 0 Å². The Morgan fingerprint density at radius 3 is 1.78 bits per heavy atom. The molecular weight excluding hydrogens is 500 g/mol. The zero-order valence-corrected chi connectivity index (χ0v) is 22.0. The summed E-state index contributed by atoms with van der Waals surface area (Å²) in [6.45, 7) is 0. The molecule has 9 aromatic rings. The van der Waals surface area contributed by atoms with Crippen LogP contribution in [0.4, 0.5) is 0 Å². The first kappa shape index (κ1) is 22.3. The Morgan fingerprint density at radius 1 is 0.390 bits per heavy atom. The average molecular weight is 523 g/mol. The molecule has 3 nitrogen and oxygen atoms in total. The fourth-order valence-corrected chi connectivity index (χ4v) is 6.42. The maximum Gasteiger partial charge on any atom is 0.161 e. The van der Waals surface area contributed by atoms with E-state index in [9.17, 15) is 0 Å². The number of nitrogens with zero attached hydrogens (tertiary/aromatic N) is 2. The van der Waals surface area contributed by atoms with Crippen LogP contribution in [-0.4, -0.2) is 9.97 Å². The third-order valence-electron chi connectivity index (χ3n) is 8.26. The number of aromatic nitrogens is 2. The molecule has 0 aliphatic heterocycles. The lowest BCUT2D eigenvalue weighted by Crippen LogP contribution is -1.96. The van der Waals surface area contributed by atoms with Crippen LogP contribution in [0, 0.1) is 0 Å². The van der Waals surface area contributed by atoms with Gasteiger partial charge in [0.1, 0.15) is 11.2 Å². The average Bonchev–Trinajstić information content (AvgIpc) is 3.44. The van der Waals surface area contributed by atoms with Crippen LogP contribution >= 0.6 is 0 Å². The van der Waals surface area contributed by atoms with Crippen molar-refractivity contribution in [3.8, 4) is 33.8 Å². The summed E-state index contributed by atoms with van der Waals surface area (Å²) in [6.07, 6.45) is 0. The first-order chi connectivity index (χ1) is 20.3. The van der Waals surface area contributed by atoms with Crippen LogP contribution in [0.1, 0.15) is 0 Å². The minimum atomic E-state index is 0.721. The molecule has 190 valence electrons. The molecule has 0 bridgehead atoms. The highest BCUT2D eigenvalue weighted by molar-refractivity contribution is 6.34. The standard InChI is InChI=1S/C38H22N2O/c1-2-9-23(10-3-1)24-19-21-25(22-20-24)37-28-11-4-5-16-31(28)39-38(40-37)30-15-6-12-26-27-13-7-17-32-35(27)36-29(34(26)30)14-8-18-33(36)41-32/h1-22H. The summed E-state index contributed by atoms with van der Waals surface area (Å²) in [5.74, 6) is 0.721. The van der Waals surface area contributed by atoms with Gasteiger partial charge in [-0.2, -0.15) is 0 Å².